The molecule has 0 radical (unpaired) electrons. The zero-order valence-electron chi connectivity index (χ0n) is 12.7. The van der Waals surface area contributed by atoms with Crippen LogP contribution in [-0.2, 0) is 16.0 Å². The molecule has 1 fully saturated rings. The van der Waals surface area contributed by atoms with Gasteiger partial charge in [0.05, 0.1) is 5.41 Å². The Morgan fingerprint density at radius 1 is 1.43 bits per heavy atom. The van der Waals surface area contributed by atoms with Gasteiger partial charge in [0, 0.05) is 12.5 Å². The van der Waals surface area contributed by atoms with Crippen molar-refractivity contribution in [3.63, 3.8) is 0 Å². The second kappa shape index (κ2) is 6.29. The first-order valence-electron chi connectivity index (χ1n) is 7.50. The van der Waals surface area contributed by atoms with Crippen LogP contribution in [0.1, 0.15) is 43.7 Å². The first kappa shape index (κ1) is 15.5. The molecule has 1 aliphatic rings. The molecule has 1 aromatic rings. The predicted molar refractivity (Wildman–Crippen MR) is 81.0 cm³/mol. The maximum atomic E-state index is 12.1. The second-order valence-corrected chi connectivity index (χ2v) is 6.22. The van der Waals surface area contributed by atoms with Gasteiger partial charge in [0.25, 0.3) is 0 Å². The van der Waals surface area contributed by atoms with E-state index < -0.39 is 11.4 Å². The van der Waals surface area contributed by atoms with Crippen molar-refractivity contribution >= 4 is 11.9 Å². The van der Waals surface area contributed by atoms with E-state index in [0.29, 0.717) is 19.3 Å². The van der Waals surface area contributed by atoms with Crippen molar-refractivity contribution in [2.45, 2.75) is 52.0 Å². The van der Waals surface area contributed by atoms with Crippen molar-refractivity contribution in [3.05, 3.63) is 35.4 Å². The summed E-state index contributed by atoms with van der Waals surface area (Å²) >= 11 is 0. The molecule has 2 unspecified atom stereocenters. The third kappa shape index (κ3) is 3.63. The molecule has 0 aliphatic heterocycles. The molecule has 2 N–H and O–H groups in total. The van der Waals surface area contributed by atoms with E-state index in [2.05, 4.69) is 11.4 Å². The molecular weight excluding hydrogens is 266 g/mol. The highest BCUT2D eigenvalue weighted by Crippen LogP contribution is 2.38. The summed E-state index contributed by atoms with van der Waals surface area (Å²) in [6.45, 7) is 3.76. The number of carboxylic acid groups (broad SMARTS) is 1. The summed E-state index contributed by atoms with van der Waals surface area (Å²) in [5, 5.41) is 12.3. The summed E-state index contributed by atoms with van der Waals surface area (Å²) in [5.41, 5.74) is 1.50. The molecule has 1 aliphatic carbocycles. The molecule has 1 saturated carbocycles. The Labute approximate surface area is 125 Å². The van der Waals surface area contributed by atoms with Gasteiger partial charge in [-0.3, -0.25) is 9.59 Å². The zero-order valence-corrected chi connectivity index (χ0v) is 12.7. The lowest BCUT2D eigenvalue weighted by Crippen LogP contribution is -2.47. The molecule has 0 aromatic heterocycles. The Balaban J connectivity index is 1.89. The van der Waals surface area contributed by atoms with Crippen molar-refractivity contribution in [2.75, 3.05) is 0 Å². The molecule has 0 heterocycles. The summed E-state index contributed by atoms with van der Waals surface area (Å²) in [6.07, 6.45) is 3.31. The monoisotopic (exact) mass is 289 g/mol. The number of carbonyl (C=O) groups excluding carboxylic acids is 1. The van der Waals surface area contributed by atoms with Gasteiger partial charge in [-0.05, 0) is 38.7 Å². The number of hydrogen-bond donors (Lipinski definition) is 2. The molecule has 21 heavy (non-hydrogen) atoms. The van der Waals surface area contributed by atoms with Crippen LogP contribution in [0.2, 0.25) is 0 Å². The third-order valence-electron chi connectivity index (χ3n) is 4.51. The summed E-state index contributed by atoms with van der Waals surface area (Å²) < 4.78 is 0. The number of aryl methyl sites for hydroxylation is 2. The number of hydrogen-bond acceptors (Lipinski definition) is 2. The highest BCUT2D eigenvalue weighted by Gasteiger charge is 2.45. The minimum atomic E-state index is -0.820. The van der Waals surface area contributed by atoms with Crippen molar-refractivity contribution < 1.29 is 14.7 Å². The Hall–Kier alpha value is -1.84. The van der Waals surface area contributed by atoms with Crippen LogP contribution in [0, 0.1) is 12.3 Å². The molecule has 0 bridgehead atoms. The van der Waals surface area contributed by atoms with E-state index in [9.17, 15) is 14.7 Å². The van der Waals surface area contributed by atoms with E-state index in [4.69, 9.17) is 0 Å². The van der Waals surface area contributed by atoms with Crippen LogP contribution in [0.25, 0.3) is 0 Å². The van der Waals surface area contributed by atoms with Crippen LogP contribution in [0.4, 0.5) is 0 Å². The summed E-state index contributed by atoms with van der Waals surface area (Å²) in [5.74, 6) is -0.875. The summed E-state index contributed by atoms with van der Waals surface area (Å²) in [7, 11) is 0. The van der Waals surface area contributed by atoms with E-state index in [-0.39, 0.29) is 11.9 Å². The van der Waals surface area contributed by atoms with E-state index in [1.807, 2.05) is 25.1 Å². The SMILES string of the molecule is Cc1cccc(CCC(=O)NC2CCCC2(C)C(=O)O)c1. The van der Waals surface area contributed by atoms with Gasteiger partial charge in [0.15, 0.2) is 0 Å². The predicted octanol–water partition coefficient (Wildman–Crippen LogP) is 2.69. The first-order valence-corrected chi connectivity index (χ1v) is 7.50. The molecular formula is C17H23NO3. The minimum Gasteiger partial charge on any atom is -0.481 e. The number of carboxylic acids is 1. The van der Waals surface area contributed by atoms with E-state index >= 15 is 0 Å². The number of aliphatic carboxylic acids is 1. The van der Waals surface area contributed by atoms with Crippen LogP contribution in [0.5, 0.6) is 0 Å². The molecule has 114 valence electrons. The minimum absolute atomic E-state index is 0.0594. The number of nitrogens with one attached hydrogen (secondary N) is 1. The summed E-state index contributed by atoms with van der Waals surface area (Å²) in [6, 6.07) is 7.85. The average Bonchev–Trinajstić information content (AvgIpc) is 2.79. The van der Waals surface area contributed by atoms with Gasteiger partial charge in [-0.2, -0.15) is 0 Å². The fraction of sp³-hybridized carbons (Fsp3) is 0.529. The second-order valence-electron chi connectivity index (χ2n) is 6.22. The van der Waals surface area contributed by atoms with E-state index in [1.165, 1.54) is 5.56 Å². The van der Waals surface area contributed by atoms with Gasteiger partial charge in [-0.25, -0.2) is 0 Å². The molecule has 0 spiro atoms. The lowest BCUT2D eigenvalue weighted by molar-refractivity contribution is -0.149. The molecule has 4 heteroatoms. The fourth-order valence-corrected chi connectivity index (χ4v) is 3.05. The molecule has 0 saturated heterocycles. The third-order valence-corrected chi connectivity index (χ3v) is 4.51. The van der Waals surface area contributed by atoms with E-state index in [0.717, 1.165) is 18.4 Å². The Bertz CT molecular complexity index is 541. The van der Waals surface area contributed by atoms with Gasteiger partial charge < -0.3 is 10.4 Å². The van der Waals surface area contributed by atoms with Crippen LogP contribution in [-0.4, -0.2) is 23.0 Å². The Morgan fingerprint density at radius 2 is 2.19 bits per heavy atom. The van der Waals surface area contributed by atoms with Gasteiger partial charge in [-0.15, -0.1) is 0 Å². The van der Waals surface area contributed by atoms with Crippen LogP contribution in [0.3, 0.4) is 0 Å². The quantitative estimate of drug-likeness (QED) is 0.876. The number of amides is 1. The fourth-order valence-electron chi connectivity index (χ4n) is 3.05. The largest absolute Gasteiger partial charge is 0.481 e. The van der Waals surface area contributed by atoms with Gasteiger partial charge in [0.1, 0.15) is 0 Å². The average molecular weight is 289 g/mol. The number of rotatable bonds is 5. The van der Waals surface area contributed by atoms with Crippen LogP contribution in [0.15, 0.2) is 24.3 Å². The normalized spacial score (nSPS) is 24.8. The molecule has 1 aromatic carbocycles. The van der Waals surface area contributed by atoms with Crippen molar-refractivity contribution in [3.8, 4) is 0 Å². The molecule has 1 amide bonds. The van der Waals surface area contributed by atoms with Crippen molar-refractivity contribution in [1.29, 1.82) is 0 Å². The number of benzene rings is 1. The first-order chi connectivity index (χ1) is 9.91. The smallest absolute Gasteiger partial charge is 0.311 e. The van der Waals surface area contributed by atoms with E-state index in [1.54, 1.807) is 6.92 Å². The molecule has 2 atom stereocenters. The zero-order chi connectivity index (χ0) is 15.5. The van der Waals surface area contributed by atoms with Crippen LogP contribution < -0.4 is 5.32 Å². The standard InChI is InChI=1S/C17H23NO3/c1-12-5-3-6-13(11-12)8-9-15(19)18-14-7-4-10-17(14,2)16(20)21/h3,5-6,11,14H,4,7-10H2,1-2H3,(H,18,19)(H,20,21). The Morgan fingerprint density at radius 3 is 2.86 bits per heavy atom. The Kier molecular flexibility index (Phi) is 4.66. The molecule has 4 nitrogen and oxygen atoms in total. The maximum absolute atomic E-state index is 12.1. The van der Waals surface area contributed by atoms with Crippen molar-refractivity contribution in [2.24, 2.45) is 5.41 Å². The number of carbonyl (C=O) groups is 2. The lowest BCUT2D eigenvalue weighted by Gasteiger charge is -2.27. The highest BCUT2D eigenvalue weighted by atomic mass is 16.4. The van der Waals surface area contributed by atoms with Gasteiger partial charge in [-0.1, -0.05) is 36.2 Å². The lowest BCUT2D eigenvalue weighted by atomic mass is 9.85. The summed E-state index contributed by atoms with van der Waals surface area (Å²) in [4.78, 5) is 23.4. The topological polar surface area (TPSA) is 66.4 Å². The van der Waals surface area contributed by atoms with Crippen LogP contribution >= 0.6 is 0 Å². The van der Waals surface area contributed by atoms with Crippen molar-refractivity contribution in [1.82, 2.24) is 5.32 Å². The van der Waals surface area contributed by atoms with Gasteiger partial charge >= 0.3 is 5.97 Å². The maximum Gasteiger partial charge on any atom is 0.311 e. The highest BCUT2D eigenvalue weighted by molar-refractivity contribution is 5.80. The van der Waals surface area contributed by atoms with Gasteiger partial charge in [0.2, 0.25) is 5.91 Å². The molecule has 2 rings (SSSR count).